The SMILES string of the molecule is C[C@@H](Nc1ccnc2cnc(C3CCS(=O)(=O)CC3)cc12)c1cccc(C(F)F)c1F. The average Bonchev–Trinajstić information content (AvgIpc) is 2.73. The summed E-state index contributed by atoms with van der Waals surface area (Å²) < 4.78 is 64.1. The van der Waals surface area contributed by atoms with Crippen LogP contribution in [0.1, 0.15) is 55.0 Å². The number of hydrogen-bond acceptors (Lipinski definition) is 5. The summed E-state index contributed by atoms with van der Waals surface area (Å²) in [7, 11) is -2.98. The molecule has 1 fully saturated rings. The lowest BCUT2D eigenvalue weighted by Crippen LogP contribution is -2.22. The molecule has 31 heavy (non-hydrogen) atoms. The number of hydrogen-bond donors (Lipinski definition) is 1. The van der Waals surface area contributed by atoms with Gasteiger partial charge in [-0.2, -0.15) is 0 Å². The number of rotatable bonds is 5. The molecule has 1 aliphatic rings. The third-order valence-corrected chi connectivity index (χ3v) is 7.47. The second-order valence-electron chi connectivity index (χ2n) is 7.83. The van der Waals surface area contributed by atoms with Crippen molar-refractivity contribution in [2.24, 2.45) is 0 Å². The molecule has 0 amide bonds. The molecule has 0 saturated carbocycles. The van der Waals surface area contributed by atoms with Gasteiger partial charge >= 0.3 is 0 Å². The van der Waals surface area contributed by atoms with Gasteiger partial charge in [0, 0.05) is 34.4 Å². The minimum absolute atomic E-state index is 0.0403. The molecule has 1 aromatic carbocycles. The number of anilines is 1. The Kier molecular flexibility index (Phi) is 5.88. The summed E-state index contributed by atoms with van der Waals surface area (Å²) in [5.41, 5.74) is 1.62. The Bertz CT molecular complexity index is 1200. The van der Waals surface area contributed by atoms with Crippen molar-refractivity contribution in [3.63, 3.8) is 0 Å². The van der Waals surface area contributed by atoms with Crippen molar-refractivity contribution in [2.45, 2.75) is 38.2 Å². The number of sulfone groups is 1. The van der Waals surface area contributed by atoms with Crippen LogP contribution in [0.4, 0.5) is 18.9 Å². The van der Waals surface area contributed by atoms with E-state index < -0.39 is 33.7 Å². The van der Waals surface area contributed by atoms with Gasteiger partial charge in [-0.05, 0) is 31.9 Å². The number of alkyl halides is 2. The molecule has 3 aromatic rings. The molecule has 1 saturated heterocycles. The van der Waals surface area contributed by atoms with E-state index in [0.717, 1.165) is 17.1 Å². The van der Waals surface area contributed by atoms with E-state index in [1.807, 2.05) is 6.07 Å². The molecular weight excluding hydrogens is 427 g/mol. The molecule has 2 aromatic heterocycles. The maximum atomic E-state index is 14.6. The van der Waals surface area contributed by atoms with Gasteiger partial charge in [-0.25, -0.2) is 21.6 Å². The molecule has 0 spiro atoms. The van der Waals surface area contributed by atoms with Gasteiger partial charge in [-0.3, -0.25) is 9.97 Å². The van der Waals surface area contributed by atoms with Gasteiger partial charge in [-0.15, -0.1) is 0 Å². The fourth-order valence-corrected chi connectivity index (χ4v) is 5.47. The molecule has 1 aliphatic heterocycles. The zero-order valence-corrected chi connectivity index (χ0v) is 17.7. The van der Waals surface area contributed by atoms with Crippen LogP contribution in [0, 0.1) is 5.82 Å². The highest BCUT2D eigenvalue weighted by Crippen LogP contribution is 2.33. The third-order valence-electron chi connectivity index (χ3n) is 5.75. The van der Waals surface area contributed by atoms with E-state index in [4.69, 9.17) is 0 Å². The first kappa shape index (κ1) is 21.5. The summed E-state index contributed by atoms with van der Waals surface area (Å²) in [6, 6.07) is 7.04. The highest BCUT2D eigenvalue weighted by Gasteiger charge is 2.26. The van der Waals surface area contributed by atoms with Crippen LogP contribution >= 0.6 is 0 Å². The van der Waals surface area contributed by atoms with Crippen molar-refractivity contribution < 1.29 is 21.6 Å². The van der Waals surface area contributed by atoms with Gasteiger partial charge in [0.1, 0.15) is 15.7 Å². The molecule has 0 unspecified atom stereocenters. The van der Waals surface area contributed by atoms with E-state index in [9.17, 15) is 21.6 Å². The van der Waals surface area contributed by atoms with E-state index in [0.29, 0.717) is 24.0 Å². The van der Waals surface area contributed by atoms with Crippen molar-refractivity contribution >= 4 is 26.4 Å². The van der Waals surface area contributed by atoms with E-state index in [1.165, 1.54) is 12.1 Å². The number of benzene rings is 1. The Morgan fingerprint density at radius 1 is 1.10 bits per heavy atom. The van der Waals surface area contributed by atoms with Gasteiger partial charge in [0.2, 0.25) is 0 Å². The summed E-state index contributed by atoms with van der Waals surface area (Å²) in [5.74, 6) is -0.584. The van der Waals surface area contributed by atoms with Crippen molar-refractivity contribution in [3.8, 4) is 0 Å². The van der Waals surface area contributed by atoms with Crippen molar-refractivity contribution in [2.75, 3.05) is 16.8 Å². The maximum Gasteiger partial charge on any atom is 0.266 e. The standard InChI is InChI=1S/C22H22F3N3O2S/c1-13(15-3-2-4-16(21(15)23)22(24)25)28-18-5-8-26-20-12-27-19(11-17(18)20)14-6-9-31(29,30)10-7-14/h2-5,8,11-14,22H,6-7,9-10H2,1H3,(H,26,28)/t13-/m1/s1. The van der Waals surface area contributed by atoms with E-state index in [2.05, 4.69) is 15.3 Å². The lowest BCUT2D eigenvalue weighted by molar-refractivity contribution is 0.146. The monoisotopic (exact) mass is 449 g/mol. The van der Waals surface area contributed by atoms with Crippen LogP contribution in [0.15, 0.2) is 42.7 Å². The molecule has 4 rings (SSSR count). The van der Waals surface area contributed by atoms with Crippen LogP contribution in [-0.2, 0) is 9.84 Å². The van der Waals surface area contributed by atoms with Crippen LogP contribution < -0.4 is 5.32 Å². The van der Waals surface area contributed by atoms with E-state index in [-0.39, 0.29) is 23.0 Å². The number of pyridine rings is 2. The third kappa shape index (κ3) is 4.51. The van der Waals surface area contributed by atoms with Crippen LogP contribution in [0.5, 0.6) is 0 Å². The number of fused-ring (bicyclic) bond motifs is 1. The molecule has 5 nitrogen and oxygen atoms in total. The Labute approximate surface area is 178 Å². The first-order valence-corrected chi connectivity index (χ1v) is 11.9. The topological polar surface area (TPSA) is 72.0 Å². The minimum Gasteiger partial charge on any atom is -0.378 e. The van der Waals surface area contributed by atoms with Crippen molar-refractivity contribution in [3.05, 3.63) is 65.4 Å². The number of halogens is 3. The molecule has 0 bridgehead atoms. The van der Waals surface area contributed by atoms with Crippen LogP contribution in [-0.4, -0.2) is 29.9 Å². The zero-order chi connectivity index (χ0) is 22.2. The predicted octanol–water partition coefficient (Wildman–Crippen LogP) is 5.17. The van der Waals surface area contributed by atoms with E-state index >= 15 is 0 Å². The summed E-state index contributed by atoms with van der Waals surface area (Å²) >= 11 is 0. The zero-order valence-electron chi connectivity index (χ0n) is 16.9. The van der Waals surface area contributed by atoms with Crippen LogP contribution in [0.2, 0.25) is 0 Å². The summed E-state index contributed by atoms with van der Waals surface area (Å²) in [6.07, 6.45) is 1.39. The Balaban J connectivity index is 1.64. The maximum absolute atomic E-state index is 14.6. The fraction of sp³-hybridized carbons (Fsp3) is 0.364. The number of nitrogens with one attached hydrogen (secondary N) is 1. The fourth-order valence-electron chi connectivity index (χ4n) is 3.98. The predicted molar refractivity (Wildman–Crippen MR) is 114 cm³/mol. The van der Waals surface area contributed by atoms with Crippen LogP contribution in [0.25, 0.3) is 10.9 Å². The summed E-state index contributed by atoms with van der Waals surface area (Å²) in [4.78, 5) is 8.79. The first-order valence-electron chi connectivity index (χ1n) is 10.0. The van der Waals surface area contributed by atoms with Gasteiger partial charge in [0.05, 0.1) is 34.8 Å². The Morgan fingerprint density at radius 3 is 2.52 bits per heavy atom. The highest BCUT2D eigenvalue weighted by molar-refractivity contribution is 7.91. The molecule has 9 heteroatoms. The van der Waals surface area contributed by atoms with Gasteiger partial charge < -0.3 is 5.32 Å². The molecule has 0 aliphatic carbocycles. The molecule has 164 valence electrons. The normalized spacial score (nSPS) is 17.7. The Morgan fingerprint density at radius 2 is 1.81 bits per heavy atom. The van der Waals surface area contributed by atoms with Gasteiger partial charge in [-0.1, -0.05) is 18.2 Å². The smallest absolute Gasteiger partial charge is 0.266 e. The number of nitrogens with zero attached hydrogens (tertiary/aromatic N) is 2. The first-order chi connectivity index (χ1) is 14.7. The lowest BCUT2D eigenvalue weighted by Gasteiger charge is -2.22. The lowest BCUT2D eigenvalue weighted by atomic mass is 9.97. The average molecular weight is 449 g/mol. The highest BCUT2D eigenvalue weighted by atomic mass is 32.2. The molecule has 3 heterocycles. The second kappa shape index (κ2) is 8.45. The molecular formula is C22H22F3N3O2S. The summed E-state index contributed by atoms with van der Waals surface area (Å²) in [6.45, 7) is 1.70. The Hall–Kier alpha value is -2.68. The molecule has 0 radical (unpaired) electrons. The van der Waals surface area contributed by atoms with Gasteiger partial charge in [0.25, 0.3) is 6.43 Å². The second-order valence-corrected chi connectivity index (χ2v) is 10.1. The van der Waals surface area contributed by atoms with E-state index in [1.54, 1.807) is 25.4 Å². The van der Waals surface area contributed by atoms with Gasteiger partial charge in [0.15, 0.2) is 0 Å². The van der Waals surface area contributed by atoms with Crippen molar-refractivity contribution in [1.29, 1.82) is 0 Å². The van der Waals surface area contributed by atoms with Crippen LogP contribution in [0.3, 0.4) is 0 Å². The largest absolute Gasteiger partial charge is 0.378 e. The minimum atomic E-state index is -2.98. The number of aromatic nitrogens is 2. The summed E-state index contributed by atoms with van der Waals surface area (Å²) in [5, 5.41) is 3.97. The quantitative estimate of drug-likeness (QED) is 0.582. The van der Waals surface area contributed by atoms with Crippen molar-refractivity contribution in [1.82, 2.24) is 9.97 Å². The molecule has 1 N–H and O–H groups in total. The molecule has 1 atom stereocenters.